The lowest BCUT2D eigenvalue weighted by Gasteiger charge is -2.25. The van der Waals surface area contributed by atoms with E-state index in [1.165, 1.54) is 51.4 Å². The third kappa shape index (κ3) is 8.12. The summed E-state index contributed by atoms with van der Waals surface area (Å²) in [5, 5.41) is 0. The van der Waals surface area contributed by atoms with E-state index in [2.05, 4.69) is 36.8 Å². The maximum Gasteiger partial charge on any atom is 0.0110 e. The van der Waals surface area contributed by atoms with Gasteiger partial charge in [0.25, 0.3) is 0 Å². The molecule has 0 atom stereocenters. The molecule has 0 aliphatic carbocycles. The molecule has 0 N–H and O–H groups in total. The van der Waals surface area contributed by atoms with E-state index < -0.39 is 0 Å². The van der Waals surface area contributed by atoms with Gasteiger partial charge >= 0.3 is 0 Å². The molecule has 0 saturated heterocycles. The molecule has 0 fully saturated rings. The number of nitrogens with zero attached hydrogens (tertiary/aromatic N) is 2. The third-order valence-electron chi connectivity index (χ3n) is 2.78. The third-order valence-corrected chi connectivity index (χ3v) is 3.37. The Morgan fingerprint density at radius 2 is 1.33 bits per heavy atom. The first kappa shape index (κ1) is 15.3. The lowest BCUT2D eigenvalue weighted by molar-refractivity contribution is 0.222. The first-order valence-corrected chi connectivity index (χ1v) is 7.61. The van der Waals surface area contributed by atoms with Crippen LogP contribution in [0.1, 0.15) is 27.2 Å². The highest BCUT2D eigenvalue weighted by atomic mass is 32.2. The number of rotatable bonds is 10. The molecule has 92 valence electrons. The highest BCUT2D eigenvalue weighted by Gasteiger charge is 2.05. The molecular weight excluding hydrogens is 204 g/mol. The number of hydrogen-bond acceptors (Lipinski definition) is 3. The summed E-state index contributed by atoms with van der Waals surface area (Å²) in [5.41, 5.74) is 0. The predicted molar refractivity (Wildman–Crippen MR) is 72.9 cm³/mol. The molecule has 0 bridgehead atoms. The van der Waals surface area contributed by atoms with Crippen LogP contribution in [0, 0.1) is 0 Å². The summed E-state index contributed by atoms with van der Waals surface area (Å²) in [6, 6.07) is 0. The largest absolute Gasteiger partial charge is 0.302 e. The van der Waals surface area contributed by atoms with Gasteiger partial charge in [-0.1, -0.05) is 20.8 Å². The van der Waals surface area contributed by atoms with Gasteiger partial charge in [0.15, 0.2) is 0 Å². The molecule has 0 aliphatic rings. The molecule has 0 aliphatic heterocycles. The van der Waals surface area contributed by atoms with E-state index in [9.17, 15) is 0 Å². The standard InChI is InChI=1S/C12H28N2S/c1-5-8-13(6-2)9-10-14(7-3)11-12-15-4/h5-12H2,1-4H3. The summed E-state index contributed by atoms with van der Waals surface area (Å²) in [6.45, 7) is 14.1. The van der Waals surface area contributed by atoms with Gasteiger partial charge in [-0.15, -0.1) is 0 Å². The van der Waals surface area contributed by atoms with Gasteiger partial charge in [-0.3, -0.25) is 0 Å². The van der Waals surface area contributed by atoms with Gasteiger partial charge in [-0.2, -0.15) is 11.8 Å². The fourth-order valence-corrected chi connectivity index (χ4v) is 2.12. The number of thioether (sulfide) groups is 1. The van der Waals surface area contributed by atoms with Crippen LogP contribution >= 0.6 is 11.8 Å². The van der Waals surface area contributed by atoms with Gasteiger partial charge in [0.1, 0.15) is 0 Å². The van der Waals surface area contributed by atoms with Crippen LogP contribution in [0.2, 0.25) is 0 Å². The second kappa shape index (κ2) is 10.8. The molecule has 15 heavy (non-hydrogen) atoms. The Bertz CT molecular complexity index is 131. The molecule has 2 nitrogen and oxygen atoms in total. The molecule has 0 aromatic rings. The zero-order valence-electron chi connectivity index (χ0n) is 11.0. The van der Waals surface area contributed by atoms with Crippen molar-refractivity contribution >= 4 is 11.8 Å². The maximum atomic E-state index is 2.55. The normalized spacial score (nSPS) is 11.6. The van der Waals surface area contributed by atoms with Crippen LogP contribution in [0.25, 0.3) is 0 Å². The Kier molecular flexibility index (Phi) is 11.0. The summed E-state index contributed by atoms with van der Waals surface area (Å²) in [7, 11) is 0. The molecule has 0 aromatic heterocycles. The SMILES string of the molecule is CCCN(CC)CCN(CC)CCSC. The van der Waals surface area contributed by atoms with Crippen molar-refractivity contribution in [1.29, 1.82) is 0 Å². The van der Waals surface area contributed by atoms with Gasteiger partial charge in [0, 0.05) is 25.4 Å². The van der Waals surface area contributed by atoms with Crippen molar-refractivity contribution in [2.24, 2.45) is 0 Å². The Balaban J connectivity index is 3.66. The molecule has 3 heteroatoms. The fraction of sp³-hybridized carbons (Fsp3) is 1.00. The minimum Gasteiger partial charge on any atom is -0.302 e. The van der Waals surface area contributed by atoms with Crippen LogP contribution in [0.3, 0.4) is 0 Å². The topological polar surface area (TPSA) is 6.48 Å². The van der Waals surface area contributed by atoms with Crippen LogP contribution in [0.15, 0.2) is 0 Å². The zero-order chi connectivity index (χ0) is 11.5. The Morgan fingerprint density at radius 1 is 0.800 bits per heavy atom. The van der Waals surface area contributed by atoms with Gasteiger partial charge < -0.3 is 9.80 Å². The highest BCUT2D eigenvalue weighted by molar-refractivity contribution is 7.98. The van der Waals surface area contributed by atoms with Gasteiger partial charge in [0.05, 0.1) is 0 Å². The lowest BCUT2D eigenvalue weighted by Crippen LogP contribution is -2.36. The van der Waals surface area contributed by atoms with E-state index in [0.29, 0.717) is 0 Å². The smallest absolute Gasteiger partial charge is 0.0110 e. The summed E-state index contributed by atoms with van der Waals surface area (Å²) in [5.74, 6) is 1.26. The molecule has 0 radical (unpaired) electrons. The van der Waals surface area contributed by atoms with Crippen LogP contribution in [-0.4, -0.2) is 61.1 Å². The Morgan fingerprint density at radius 3 is 1.73 bits per heavy atom. The molecular formula is C12H28N2S. The summed E-state index contributed by atoms with van der Waals surface area (Å²) < 4.78 is 0. The van der Waals surface area contributed by atoms with Crippen molar-refractivity contribution < 1.29 is 0 Å². The van der Waals surface area contributed by atoms with E-state index in [0.717, 1.165) is 0 Å². The van der Waals surface area contributed by atoms with E-state index in [1.807, 2.05) is 11.8 Å². The van der Waals surface area contributed by atoms with Crippen LogP contribution in [0.4, 0.5) is 0 Å². The van der Waals surface area contributed by atoms with Crippen molar-refractivity contribution in [3.8, 4) is 0 Å². The van der Waals surface area contributed by atoms with Crippen LogP contribution < -0.4 is 0 Å². The summed E-state index contributed by atoms with van der Waals surface area (Å²) in [6.07, 6.45) is 3.45. The van der Waals surface area contributed by atoms with E-state index in [4.69, 9.17) is 0 Å². The van der Waals surface area contributed by atoms with E-state index in [-0.39, 0.29) is 0 Å². The molecule has 0 rings (SSSR count). The monoisotopic (exact) mass is 232 g/mol. The fourth-order valence-electron chi connectivity index (χ4n) is 1.68. The van der Waals surface area contributed by atoms with Crippen molar-refractivity contribution in [3.63, 3.8) is 0 Å². The maximum absolute atomic E-state index is 2.55. The Hall–Kier alpha value is 0.270. The first-order valence-electron chi connectivity index (χ1n) is 6.22. The highest BCUT2D eigenvalue weighted by Crippen LogP contribution is 1.97. The summed E-state index contributed by atoms with van der Waals surface area (Å²) in [4.78, 5) is 5.09. The van der Waals surface area contributed by atoms with Crippen molar-refractivity contribution in [3.05, 3.63) is 0 Å². The van der Waals surface area contributed by atoms with Gasteiger partial charge in [-0.05, 0) is 32.3 Å². The second-order valence-electron chi connectivity index (χ2n) is 3.86. The lowest BCUT2D eigenvalue weighted by atomic mass is 10.3. The van der Waals surface area contributed by atoms with Crippen LogP contribution in [-0.2, 0) is 0 Å². The molecule has 0 amide bonds. The predicted octanol–water partition coefficient (Wildman–Crippen LogP) is 2.40. The molecule has 0 spiro atoms. The van der Waals surface area contributed by atoms with Crippen molar-refractivity contribution in [2.45, 2.75) is 27.2 Å². The van der Waals surface area contributed by atoms with Crippen molar-refractivity contribution in [1.82, 2.24) is 9.80 Å². The second-order valence-corrected chi connectivity index (χ2v) is 4.85. The summed E-state index contributed by atoms with van der Waals surface area (Å²) >= 11 is 1.94. The molecule has 0 unspecified atom stereocenters. The average Bonchev–Trinajstić information content (AvgIpc) is 2.27. The molecule has 0 aromatic carbocycles. The van der Waals surface area contributed by atoms with Crippen molar-refractivity contribution in [2.75, 3.05) is 51.3 Å². The van der Waals surface area contributed by atoms with E-state index in [1.54, 1.807) is 0 Å². The number of likely N-dealkylation sites (N-methyl/N-ethyl adjacent to an activating group) is 2. The van der Waals surface area contributed by atoms with E-state index >= 15 is 0 Å². The average molecular weight is 232 g/mol. The first-order chi connectivity index (χ1) is 7.28. The number of hydrogen-bond donors (Lipinski definition) is 0. The Labute approximate surface area is 100 Å². The van der Waals surface area contributed by atoms with Gasteiger partial charge in [-0.25, -0.2) is 0 Å². The molecule has 0 saturated carbocycles. The minimum atomic E-state index is 1.18. The zero-order valence-corrected chi connectivity index (χ0v) is 11.8. The molecule has 0 heterocycles. The van der Waals surface area contributed by atoms with Gasteiger partial charge in [0.2, 0.25) is 0 Å². The minimum absolute atomic E-state index is 1.18. The quantitative estimate of drug-likeness (QED) is 0.571. The van der Waals surface area contributed by atoms with Crippen LogP contribution in [0.5, 0.6) is 0 Å².